The zero-order valence-corrected chi connectivity index (χ0v) is 8.74. The molecule has 1 aliphatic rings. The first-order chi connectivity index (χ1) is 6.99. The highest BCUT2D eigenvalue weighted by molar-refractivity contribution is 6.28. The second kappa shape index (κ2) is 4.25. The second-order valence-electron chi connectivity index (χ2n) is 3.41. The SMILES string of the molecule is CCC/C(O)=C1/C(=O)CN(C(C)=O)C1=O. The van der Waals surface area contributed by atoms with Gasteiger partial charge in [0.25, 0.3) is 5.91 Å². The molecule has 0 spiro atoms. The van der Waals surface area contributed by atoms with Crippen LogP contribution in [0.3, 0.4) is 0 Å². The smallest absolute Gasteiger partial charge is 0.267 e. The van der Waals surface area contributed by atoms with Crippen molar-refractivity contribution in [2.45, 2.75) is 26.7 Å². The average molecular weight is 211 g/mol. The maximum Gasteiger partial charge on any atom is 0.267 e. The van der Waals surface area contributed by atoms with Gasteiger partial charge in [-0.25, -0.2) is 0 Å². The van der Waals surface area contributed by atoms with Crippen LogP contribution in [-0.4, -0.2) is 34.1 Å². The Morgan fingerprint density at radius 1 is 1.47 bits per heavy atom. The number of Topliss-reactive ketones (excluding diaryl/α,β-unsaturated/α-hetero) is 1. The van der Waals surface area contributed by atoms with Crippen molar-refractivity contribution in [1.29, 1.82) is 0 Å². The van der Waals surface area contributed by atoms with Gasteiger partial charge >= 0.3 is 0 Å². The maximum atomic E-state index is 11.5. The van der Waals surface area contributed by atoms with E-state index in [2.05, 4.69) is 0 Å². The molecule has 82 valence electrons. The highest BCUT2D eigenvalue weighted by Crippen LogP contribution is 2.19. The zero-order chi connectivity index (χ0) is 11.6. The Labute approximate surface area is 87.4 Å². The first-order valence-corrected chi connectivity index (χ1v) is 4.76. The topological polar surface area (TPSA) is 74.7 Å². The Morgan fingerprint density at radius 2 is 2.07 bits per heavy atom. The summed E-state index contributed by atoms with van der Waals surface area (Å²) in [5, 5.41) is 9.49. The standard InChI is InChI=1S/C10H13NO4/c1-3-4-7(13)9-8(14)5-11(6(2)12)10(9)15/h13H,3-5H2,1-2H3/b9-7+. The van der Waals surface area contributed by atoms with E-state index in [1.165, 1.54) is 6.92 Å². The van der Waals surface area contributed by atoms with Crippen LogP contribution in [0.4, 0.5) is 0 Å². The van der Waals surface area contributed by atoms with Crippen LogP contribution in [0.15, 0.2) is 11.3 Å². The molecule has 0 aromatic carbocycles. The minimum absolute atomic E-state index is 0.212. The number of likely N-dealkylation sites (tertiary alicyclic amines) is 1. The fourth-order valence-corrected chi connectivity index (χ4v) is 1.45. The molecule has 0 aromatic rings. The van der Waals surface area contributed by atoms with Gasteiger partial charge in [-0.3, -0.25) is 19.3 Å². The lowest BCUT2D eigenvalue weighted by Gasteiger charge is -2.07. The third-order valence-corrected chi connectivity index (χ3v) is 2.20. The van der Waals surface area contributed by atoms with E-state index in [9.17, 15) is 19.5 Å². The molecular weight excluding hydrogens is 198 g/mol. The zero-order valence-electron chi connectivity index (χ0n) is 8.74. The molecular formula is C10H13NO4. The third kappa shape index (κ3) is 2.06. The monoisotopic (exact) mass is 211 g/mol. The summed E-state index contributed by atoms with van der Waals surface area (Å²) in [6.45, 7) is 2.78. The quantitative estimate of drug-likeness (QED) is 0.411. The van der Waals surface area contributed by atoms with Crippen LogP contribution in [0.1, 0.15) is 26.7 Å². The van der Waals surface area contributed by atoms with E-state index in [0.29, 0.717) is 6.42 Å². The van der Waals surface area contributed by atoms with Gasteiger partial charge in [-0.2, -0.15) is 0 Å². The molecule has 0 bridgehead atoms. The fraction of sp³-hybridized carbons (Fsp3) is 0.500. The van der Waals surface area contributed by atoms with Crippen molar-refractivity contribution in [3.05, 3.63) is 11.3 Å². The summed E-state index contributed by atoms with van der Waals surface area (Å²) < 4.78 is 0. The number of nitrogens with zero attached hydrogens (tertiary/aromatic N) is 1. The Kier molecular flexibility index (Phi) is 3.24. The molecule has 15 heavy (non-hydrogen) atoms. The Morgan fingerprint density at radius 3 is 2.47 bits per heavy atom. The normalized spacial score (nSPS) is 19.7. The molecule has 1 heterocycles. The number of ketones is 1. The molecule has 0 saturated carbocycles. The van der Waals surface area contributed by atoms with Crippen molar-refractivity contribution < 1.29 is 19.5 Å². The van der Waals surface area contributed by atoms with Gasteiger partial charge < -0.3 is 5.11 Å². The first kappa shape index (κ1) is 11.4. The predicted molar refractivity (Wildman–Crippen MR) is 52.0 cm³/mol. The van der Waals surface area contributed by atoms with E-state index in [1.807, 2.05) is 6.92 Å². The number of imide groups is 1. The average Bonchev–Trinajstić information content (AvgIpc) is 2.42. The number of amides is 2. The van der Waals surface area contributed by atoms with Gasteiger partial charge in [0.15, 0.2) is 5.78 Å². The Bertz CT molecular complexity index is 356. The van der Waals surface area contributed by atoms with Crippen LogP contribution in [-0.2, 0) is 14.4 Å². The number of rotatable bonds is 2. The van der Waals surface area contributed by atoms with Gasteiger partial charge in [0.05, 0.1) is 6.54 Å². The van der Waals surface area contributed by atoms with Gasteiger partial charge in [-0.15, -0.1) is 0 Å². The lowest BCUT2D eigenvalue weighted by molar-refractivity contribution is -0.139. The highest BCUT2D eigenvalue weighted by atomic mass is 16.3. The summed E-state index contributed by atoms with van der Waals surface area (Å²) in [6, 6.07) is 0. The number of aliphatic hydroxyl groups is 1. The molecule has 2 amide bonds. The van der Waals surface area contributed by atoms with Crippen molar-refractivity contribution in [3.63, 3.8) is 0 Å². The molecule has 1 saturated heterocycles. The number of allylic oxidation sites excluding steroid dienone is 1. The van der Waals surface area contributed by atoms with Crippen LogP contribution in [0.5, 0.6) is 0 Å². The lowest BCUT2D eigenvalue weighted by atomic mass is 10.1. The molecule has 0 atom stereocenters. The van der Waals surface area contributed by atoms with Gasteiger partial charge in [0, 0.05) is 13.3 Å². The molecule has 1 N–H and O–H groups in total. The van der Waals surface area contributed by atoms with Crippen LogP contribution in [0.2, 0.25) is 0 Å². The number of hydrogen-bond donors (Lipinski definition) is 1. The summed E-state index contributed by atoms with van der Waals surface area (Å²) in [4.78, 5) is 34.7. The summed E-state index contributed by atoms with van der Waals surface area (Å²) in [6.07, 6.45) is 0.911. The molecule has 1 fully saturated rings. The summed E-state index contributed by atoms with van der Waals surface area (Å²) in [5.74, 6) is -1.86. The van der Waals surface area contributed by atoms with Crippen molar-refractivity contribution in [1.82, 2.24) is 4.90 Å². The molecule has 0 aliphatic carbocycles. The number of carbonyl (C=O) groups excluding carboxylic acids is 3. The minimum atomic E-state index is -0.682. The Balaban J connectivity index is 3.03. The van der Waals surface area contributed by atoms with E-state index >= 15 is 0 Å². The lowest BCUT2D eigenvalue weighted by Crippen LogP contribution is -2.30. The third-order valence-electron chi connectivity index (χ3n) is 2.20. The summed E-state index contributed by atoms with van der Waals surface area (Å²) in [7, 11) is 0. The number of aliphatic hydroxyl groups excluding tert-OH is 1. The minimum Gasteiger partial charge on any atom is -0.511 e. The fourth-order valence-electron chi connectivity index (χ4n) is 1.45. The van der Waals surface area contributed by atoms with Crippen molar-refractivity contribution in [2.75, 3.05) is 6.54 Å². The number of hydrogen-bond acceptors (Lipinski definition) is 4. The number of carbonyl (C=O) groups is 3. The largest absolute Gasteiger partial charge is 0.511 e. The van der Waals surface area contributed by atoms with Gasteiger partial charge in [0.1, 0.15) is 11.3 Å². The molecule has 1 aliphatic heterocycles. The molecule has 1 rings (SSSR count). The van der Waals surface area contributed by atoms with Crippen molar-refractivity contribution in [2.24, 2.45) is 0 Å². The van der Waals surface area contributed by atoms with Crippen LogP contribution in [0, 0.1) is 0 Å². The molecule has 0 unspecified atom stereocenters. The van der Waals surface area contributed by atoms with E-state index in [1.54, 1.807) is 0 Å². The van der Waals surface area contributed by atoms with Gasteiger partial charge in [-0.05, 0) is 6.42 Å². The van der Waals surface area contributed by atoms with Gasteiger partial charge in [0.2, 0.25) is 5.91 Å². The second-order valence-corrected chi connectivity index (χ2v) is 3.41. The van der Waals surface area contributed by atoms with Crippen molar-refractivity contribution >= 4 is 17.6 Å². The summed E-state index contributed by atoms with van der Waals surface area (Å²) >= 11 is 0. The predicted octanol–water partition coefficient (Wildman–Crippen LogP) is 0.556. The molecule has 5 heteroatoms. The molecule has 5 nitrogen and oxygen atoms in total. The van der Waals surface area contributed by atoms with Crippen LogP contribution in [0.25, 0.3) is 0 Å². The maximum absolute atomic E-state index is 11.5. The van der Waals surface area contributed by atoms with Crippen LogP contribution >= 0.6 is 0 Å². The Hall–Kier alpha value is -1.65. The van der Waals surface area contributed by atoms with Gasteiger partial charge in [-0.1, -0.05) is 6.92 Å². The van der Waals surface area contributed by atoms with E-state index in [0.717, 1.165) is 4.90 Å². The summed E-state index contributed by atoms with van der Waals surface area (Å²) in [5.41, 5.74) is -0.230. The molecule has 0 aromatic heterocycles. The first-order valence-electron chi connectivity index (χ1n) is 4.76. The van der Waals surface area contributed by atoms with Crippen molar-refractivity contribution in [3.8, 4) is 0 Å². The van der Waals surface area contributed by atoms with E-state index < -0.39 is 17.6 Å². The van der Waals surface area contributed by atoms with E-state index in [4.69, 9.17) is 0 Å². The highest BCUT2D eigenvalue weighted by Gasteiger charge is 2.38. The van der Waals surface area contributed by atoms with E-state index in [-0.39, 0.29) is 24.3 Å². The van der Waals surface area contributed by atoms with Crippen LogP contribution < -0.4 is 0 Å². The molecule has 0 radical (unpaired) electrons.